The highest BCUT2D eigenvalue weighted by atomic mass is 32.1. The van der Waals surface area contributed by atoms with E-state index in [4.69, 9.17) is 0 Å². The van der Waals surface area contributed by atoms with Crippen LogP contribution in [0.3, 0.4) is 0 Å². The lowest BCUT2D eigenvalue weighted by Gasteiger charge is -2.06. The minimum Gasteiger partial charge on any atom is -0.365 e. The summed E-state index contributed by atoms with van der Waals surface area (Å²) in [6.45, 7) is 4.99. The van der Waals surface area contributed by atoms with Gasteiger partial charge in [-0.2, -0.15) is 0 Å². The van der Waals surface area contributed by atoms with E-state index in [9.17, 15) is 0 Å². The van der Waals surface area contributed by atoms with Crippen molar-refractivity contribution in [3.63, 3.8) is 0 Å². The van der Waals surface area contributed by atoms with Gasteiger partial charge in [0.25, 0.3) is 0 Å². The van der Waals surface area contributed by atoms with E-state index in [0.717, 1.165) is 22.6 Å². The van der Waals surface area contributed by atoms with Crippen LogP contribution in [0.15, 0.2) is 30.9 Å². The Kier molecular flexibility index (Phi) is 3.13. The number of nitrogens with one attached hydrogen (secondary N) is 2. The molecule has 3 aromatic rings. The maximum absolute atomic E-state index is 4.37. The summed E-state index contributed by atoms with van der Waals surface area (Å²) in [5, 5.41) is 4.54. The molecule has 3 rings (SSSR count). The molecule has 0 radical (unpaired) electrons. The van der Waals surface area contributed by atoms with Crippen molar-refractivity contribution >= 4 is 27.4 Å². The van der Waals surface area contributed by atoms with Crippen LogP contribution in [-0.4, -0.2) is 9.97 Å². The Morgan fingerprint density at radius 3 is 3.00 bits per heavy atom. The Bertz CT molecular complexity index is 706. The fraction of sp³-hybridized carbons (Fsp3) is 0.214. The lowest BCUT2D eigenvalue weighted by molar-refractivity contribution is -0.378. The van der Waals surface area contributed by atoms with Gasteiger partial charge in [-0.25, -0.2) is 15.0 Å². The largest absolute Gasteiger partial charge is 0.365 e. The van der Waals surface area contributed by atoms with Gasteiger partial charge in [-0.3, -0.25) is 0 Å². The topological polar surface area (TPSA) is 52.0 Å². The van der Waals surface area contributed by atoms with Crippen molar-refractivity contribution in [3.8, 4) is 0 Å². The molecule has 0 aliphatic heterocycles. The number of hydrogen-bond donors (Lipinski definition) is 1. The van der Waals surface area contributed by atoms with Crippen molar-refractivity contribution in [2.75, 3.05) is 5.32 Å². The average molecular weight is 271 g/mol. The van der Waals surface area contributed by atoms with E-state index in [1.807, 2.05) is 18.5 Å². The van der Waals surface area contributed by atoms with E-state index in [0.29, 0.717) is 0 Å². The first kappa shape index (κ1) is 12.0. The second-order valence-corrected chi connectivity index (χ2v) is 5.65. The van der Waals surface area contributed by atoms with Gasteiger partial charge >= 0.3 is 0 Å². The number of anilines is 1. The summed E-state index contributed by atoms with van der Waals surface area (Å²) in [4.78, 5) is 14.1. The summed E-state index contributed by atoms with van der Waals surface area (Å²) >= 11 is 1.72. The molecule has 3 heterocycles. The van der Waals surface area contributed by atoms with Gasteiger partial charge in [0.15, 0.2) is 12.4 Å². The van der Waals surface area contributed by atoms with Crippen LogP contribution in [0, 0.1) is 13.8 Å². The van der Waals surface area contributed by atoms with Crippen molar-refractivity contribution in [2.24, 2.45) is 0 Å². The molecule has 0 aromatic carbocycles. The molecular formula is C14H15N4S+. The summed E-state index contributed by atoms with van der Waals surface area (Å²) in [6, 6.07) is 4.07. The van der Waals surface area contributed by atoms with Crippen molar-refractivity contribution in [1.29, 1.82) is 0 Å². The second kappa shape index (κ2) is 4.93. The lowest BCUT2D eigenvalue weighted by atomic mass is 10.2. The molecular weight excluding hydrogens is 256 g/mol. The Morgan fingerprint density at radius 1 is 1.32 bits per heavy atom. The zero-order valence-corrected chi connectivity index (χ0v) is 11.7. The molecule has 0 saturated carbocycles. The zero-order chi connectivity index (χ0) is 13.2. The van der Waals surface area contributed by atoms with Crippen LogP contribution in [0.1, 0.15) is 16.0 Å². The predicted molar refractivity (Wildman–Crippen MR) is 77.2 cm³/mol. The SMILES string of the molecule is Cc1sc2ncnc(NCc3ccc[nH+]c3)c2c1C. The zero-order valence-electron chi connectivity index (χ0n) is 10.9. The molecule has 0 aliphatic rings. The van der Waals surface area contributed by atoms with Gasteiger partial charge in [-0.15, -0.1) is 11.3 Å². The molecule has 0 bridgehead atoms. The van der Waals surface area contributed by atoms with E-state index in [-0.39, 0.29) is 0 Å². The highest BCUT2D eigenvalue weighted by Gasteiger charge is 2.11. The molecule has 0 unspecified atom stereocenters. The molecule has 0 fully saturated rings. The molecule has 3 aromatic heterocycles. The quantitative estimate of drug-likeness (QED) is 0.797. The van der Waals surface area contributed by atoms with Gasteiger partial charge in [0.2, 0.25) is 0 Å². The molecule has 2 N–H and O–H groups in total. The van der Waals surface area contributed by atoms with E-state index < -0.39 is 0 Å². The number of hydrogen-bond acceptors (Lipinski definition) is 4. The molecule has 0 amide bonds. The fourth-order valence-corrected chi connectivity index (χ4v) is 3.04. The first-order chi connectivity index (χ1) is 9.25. The van der Waals surface area contributed by atoms with Crippen molar-refractivity contribution in [1.82, 2.24) is 9.97 Å². The molecule has 96 valence electrons. The van der Waals surface area contributed by atoms with Crippen LogP contribution >= 0.6 is 11.3 Å². The Balaban J connectivity index is 1.93. The predicted octanol–water partition coefficient (Wildman–Crippen LogP) is 2.73. The molecule has 0 aliphatic carbocycles. The third-order valence-electron chi connectivity index (χ3n) is 3.20. The Labute approximate surface area is 115 Å². The Morgan fingerprint density at radius 2 is 2.21 bits per heavy atom. The second-order valence-electron chi connectivity index (χ2n) is 4.45. The number of aromatic amines is 1. The van der Waals surface area contributed by atoms with Gasteiger partial charge in [-0.05, 0) is 25.5 Å². The molecule has 4 nitrogen and oxygen atoms in total. The van der Waals surface area contributed by atoms with Gasteiger partial charge in [-0.1, -0.05) is 0 Å². The first-order valence-corrected chi connectivity index (χ1v) is 6.97. The van der Waals surface area contributed by atoms with E-state index in [1.165, 1.54) is 16.0 Å². The minimum absolute atomic E-state index is 0.748. The van der Waals surface area contributed by atoms with Crippen LogP contribution in [-0.2, 0) is 6.54 Å². The standard InChI is InChI=1S/C14H14N4S/c1-9-10(2)19-14-12(9)13(17-8-18-14)16-7-11-4-3-5-15-6-11/h3-6,8H,7H2,1-2H3,(H,16,17,18)/p+1. The van der Waals surface area contributed by atoms with E-state index in [2.05, 4.69) is 40.2 Å². The maximum atomic E-state index is 4.37. The van der Waals surface area contributed by atoms with Crippen LogP contribution in [0.5, 0.6) is 0 Å². The van der Waals surface area contributed by atoms with Gasteiger partial charge < -0.3 is 5.32 Å². The van der Waals surface area contributed by atoms with Crippen LogP contribution < -0.4 is 10.3 Å². The van der Waals surface area contributed by atoms with Crippen LogP contribution in [0.25, 0.3) is 10.2 Å². The summed E-state index contributed by atoms with van der Waals surface area (Å²) in [7, 11) is 0. The molecule has 5 heteroatoms. The van der Waals surface area contributed by atoms with Crippen LogP contribution in [0.4, 0.5) is 5.82 Å². The number of H-pyrrole nitrogens is 1. The van der Waals surface area contributed by atoms with Crippen molar-refractivity contribution in [2.45, 2.75) is 20.4 Å². The summed E-state index contributed by atoms with van der Waals surface area (Å²) < 4.78 is 0. The highest BCUT2D eigenvalue weighted by Crippen LogP contribution is 2.32. The number of rotatable bonds is 3. The minimum atomic E-state index is 0.748. The number of pyridine rings is 1. The molecule has 0 atom stereocenters. The first-order valence-electron chi connectivity index (χ1n) is 6.15. The number of nitrogens with zero attached hydrogens (tertiary/aromatic N) is 2. The van der Waals surface area contributed by atoms with Crippen LogP contribution in [0.2, 0.25) is 0 Å². The number of aromatic nitrogens is 3. The number of aryl methyl sites for hydroxylation is 2. The Hall–Kier alpha value is -2.01. The van der Waals surface area contributed by atoms with Gasteiger partial charge in [0.05, 0.1) is 5.39 Å². The van der Waals surface area contributed by atoms with Gasteiger partial charge in [0.1, 0.15) is 17.0 Å². The molecule has 0 spiro atoms. The molecule has 0 saturated heterocycles. The number of fused-ring (bicyclic) bond motifs is 1. The maximum Gasteiger partial charge on any atom is 0.171 e. The third-order valence-corrected chi connectivity index (χ3v) is 4.31. The number of thiophene rings is 1. The third kappa shape index (κ3) is 2.29. The smallest absolute Gasteiger partial charge is 0.171 e. The van der Waals surface area contributed by atoms with E-state index >= 15 is 0 Å². The van der Waals surface area contributed by atoms with Crippen molar-refractivity contribution < 1.29 is 4.98 Å². The highest BCUT2D eigenvalue weighted by molar-refractivity contribution is 7.18. The van der Waals surface area contributed by atoms with E-state index in [1.54, 1.807) is 17.7 Å². The summed E-state index contributed by atoms with van der Waals surface area (Å²) in [5.41, 5.74) is 2.46. The normalized spacial score (nSPS) is 10.8. The average Bonchev–Trinajstić information content (AvgIpc) is 2.74. The lowest BCUT2D eigenvalue weighted by Crippen LogP contribution is -2.06. The fourth-order valence-electron chi connectivity index (χ4n) is 2.04. The summed E-state index contributed by atoms with van der Waals surface area (Å²) in [6.07, 6.45) is 5.51. The monoisotopic (exact) mass is 271 g/mol. The summed E-state index contributed by atoms with van der Waals surface area (Å²) in [5.74, 6) is 0.913. The molecule has 19 heavy (non-hydrogen) atoms. The van der Waals surface area contributed by atoms with Crippen molar-refractivity contribution in [3.05, 3.63) is 46.9 Å². The van der Waals surface area contributed by atoms with Gasteiger partial charge in [0, 0.05) is 23.1 Å².